The van der Waals surface area contributed by atoms with E-state index in [0.29, 0.717) is 17.5 Å². The van der Waals surface area contributed by atoms with Crippen molar-refractivity contribution in [2.45, 2.75) is 31.7 Å². The highest BCUT2D eigenvalue weighted by Crippen LogP contribution is 2.31. The molecule has 0 radical (unpaired) electrons. The Morgan fingerprint density at radius 1 is 1.28 bits per heavy atom. The highest BCUT2D eigenvalue weighted by atomic mass is 35.5. The minimum atomic E-state index is -0.389. The number of hydrogen-bond acceptors (Lipinski definition) is 3. The lowest BCUT2D eigenvalue weighted by Crippen LogP contribution is -2.31. The quantitative estimate of drug-likeness (QED) is 0.606. The first kappa shape index (κ1) is 22.6. The molecule has 0 spiro atoms. The molecule has 4 rings (SSSR count). The zero-order valence-corrected chi connectivity index (χ0v) is 19.3. The summed E-state index contributed by atoms with van der Waals surface area (Å²) in [6.45, 7) is 1.80. The van der Waals surface area contributed by atoms with Gasteiger partial charge in [-0.2, -0.15) is 0 Å². The van der Waals surface area contributed by atoms with Gasteiger partial charge >= 0.3 is 0 Å². The van der Waals surface area contributed by atoms with Gasteiger partial charge in [0.05, 0.1) is 5.69 Å². The van der Waals surface area contributed by atoms with Gasteiger partial charge < -0.3 is 15.1 Å². The van der Waals surface area contributed by atoms with Crippen LogP contribution >= 0.6 is 11.6 Å². The summed E-state index contributed by atoms with van der Waals surface area (Å²) < 4.78 is 14.8. The fraction of sp³-hybridized carbons (Fsp3) is 0.385. The van der Waals surface area contributed by atoms with E-state index >= 15 is 0 Å². The molecular weight excluding hydrogens is 425 g/mol. The van der Waals surface area contributed by atoms with Gasteiger partial charge in [0, 0.05) is 41.3 Å². The summed E-state index contributed by atoms with van der Waals surface area (Å²) in [6.07, 6.45) is 12.7. The zero-order chi connectivity index (χ0) is 22.7. The number of nitrogens with one attached hydrogen (secondary N) is 1. The Morgan fingerprint density at radius 2 is 2.12 bits per heavy atom. The van der Waals surface area contributed by atoms with Crippen LogP contribution in [0.3, 0.4) is 0 Å². The van der Waals surface area contributed by atoms with E-state index in [1.54, 1.807) is 12.1 Å². The van der Waals surface area contributed by atoms with Gasteiger partial charge in [-0.15, -0.1) is 5.73 Å². The van der Waals surface area contributed by atoms with Crippen LogP contribution in [0.4, 0.5) is 15.8 Å². The Kier molecular flexibility index (Phi) is 7.00. The molecule has 1 fully saturated rings. The number of amides is 1. The number of anilines is 2. The Hall–Kier alpha value is -2.59. The molecule has 1 heterocycles. The van der Waals surface area contributed by atoms with Gasteiger partial charge in [-0.1, -0.05) is 17.7 Å². The number of allylic oxidation sites excluding steroid dienone is 7. The normalized spacial score (nSPS) is 23.0. The second-order valence-corrected chi connectivity index (χ2v) is 9.25. The predicted molar refractivity (Wildman–Crippen MR) is 129 cm³/mol. The van der Waals surface area contributed by atoms with E-state index in [-0.39, 0.29) is 23.3 Å². The Balaban J connectivity index is 1.36. The van der Waals surface area contributed by atoms with Gasteiger partial charge in [0.2, 0.25) is 5.91 Å². The van der Waals surface area contributed by atoms with E-state index in [2.05, 4.69) is 41.0 Å². The first-order valence-corrected chi connectivity index (χ1v) is 11.5. The summed E-state index contributed by atoms with van der Waals surface area (Å²) in [5.74, 6) is -0.691. The SMILES string of the molecule is CN(C)C1CCN(c2ccc(NC(=O)C3CC=C(C4=C=CC=C(Cl)C=C4)CC3)c(F)c2)C1. The summed E-state index contributed by atoms with van der Waals surface area (Å²) in [5.41, 5.74) is 6.50. The van der Waals surface area contributed by atoms with Crippen molar-refractivity contribution in [3.8, 4) is 0 Å². The third-order valence-corrected chi connectivity index (χ3v) is 6.74. The molecule has 1 amide bonds. The lowest BCUT2D eigenvalue weighted by Gasteiger charge is -2.23. The van der Waals surface area contributed by atoms with E-state index < -0.39 is 0 Å². The third-order valence-electron chi connectivity index (χ3n) is 6.49. The predicted octanol–water partition coefficient (Wildman–Crippen LogP) is 5.41. The van der Waals surface area contributed by atoms with Gasteiger partial charge in [0.15, 0.2) is 0 Å². The molecule has 0 aromatic heterocycles. The maximum absolute atomic E-state index is 14.8. The molecule has 4 nitrogen and oxygen atoms in total. The molecular formula is C26H29ClFN3O. The van der Waals surface area contributed by atoms with Crippen LogP contribution in [0, 0.1) is 11.7 Å². The number of carbonyl (C=O) groups excluding carboxylic acids is 1. The van der Waals surface area contributed by atoms with Crippen molar-refractivity contribution < 1.29 is 9.18 Å². The van der Waals surface area contributed by atoms with Crippen LogP contribution in [0.25, 0.3) is 0 Å². The molecule has 1 aliphatic heterocycles. The zero-order valence-electron chi connectivity index (χ0n) is 18.6. The van der Waals surface area contributed by atoms with Crippen LogP contribution in [0.15, 0.2) is 70.5 Å². The molecule has 6 heteroatoms. The second-order valence-electron chi connectivity index (χ2n) is 8.82. The van der Waals surface area contributed by atoms with E-state index in [9.17, 15) is 9.18 Å². The highest BCUT2D eigenvalue weighted by Gasteiger charge is 2.26. The number of nitrogens with zero attached hydrogens (tertiary/aromatic N) is 2. The standard InChI is InChI=1S/C26H29ClFN3O/c1-30(2)23-14-15-31(17-23)22-12-13-25(24(28)16-22)29-26(32)20-8-6-19(7-9-20)18-4-3-5-21(27)11-10-18/h3,5-6,10-13,16,20,23H,7-9,14-15,17H2,1-2H3,(H,29,32). The molecule has 1 aromatic rings. The minimum absolute atomic E-state index is 0.133. The second kappa shape index (κ2) is 9.91. The van der Waals surface area contributed by atoms with Crippen LogP contribution < -0.4 is 10.2 Å². The van der Waals surface area contributed by atoms with Gasteiger partial charge in [0.25, 0.3) is 0 Å². The monoisotopic (exact) mass is 453 g/mol. The van der Waals surface area contributed by atoms with Crippen molar-refractivity contribution in [3.05, 3.63) is 76.3 Å². The van der Waals surface area contributed by atoms with Crippen LogP contribution in [0.2, 0.25) is 0 Å². The molecule has 2 unspecified atom stereocenters. The van der Waals surface area contributed by atoms with E-state index in [0.717, 1.165) is 43.6 Å². The molecule has 2 atom stereocenters. The van der Waals surface area contributed by atoms with Crippen LogP contribution in [-0.4, -0.2) is 44.0 Å². The van der Waals surface area contributed by atoms with Gasteiger partial charge in [-0.05, 0) is 87.9 Å². The third kappa shape index (κ3) is 5.24. The number of carbonyl (C=O) groups is 1. The van der Waals surface area contributed by atoms with Crippen molar-refractivity contribution in [1.29, 1.82) is 0 Å². The Morgan fingerprint density at radius 3 is 2.81 bits per heavy atom. The molecule has 1 saturated heterocycles. The number of rotatable bonds is 5. The summed E-state index contributed by atoms with van der Waals surface area (Å²) in [4.78, 5) is 17.2. The van der Waals surface area contributed by atoms with Crippen molar-refractivity contribution in [1.82, 2.24) is 4.90 Å². The Labute approximate surface area is 194 Å². The fourth-order valence-corrected chi connectivity index (χ4v) is 4.56. The molecule has 3 aliphatic rings. The van der Waals surface area contributed by atoms with Crippen LogP contribution in [0.1, 0.15) is 25.7 Å². The minimum Gasteiger partial charge on any atom is -0.370 e. The van der Waals surface area contributed by atoms with Crippen molar-refractivity contribution in [2.24, 2.45) is 5.92 Å². The van der Waals surface area contributed by atoms with Gasteiger partial charge in [-0.25, -0.2) is 4.39 Å². The van der Waals surface area contributed by atoms with E-state index in [4.69, 9.17) is 11.6 Å². The molecule has 32 heavy (non-hydrogen) atoms. The highest BCUT2D eigenvalue weighted by molar-refractivity contribution is 6.31. The van der Waals surface area contributed by atoms with Gasteiger partial charge in [-0.3, -0.25) is 4.79 Å². The first-order valence-electron chi connectivity index (χ1n) is 11.1. The molecule has 1 N–H and O–H groups in total. The van der Waals surface area contributed by atoms with Crippen molar-refractivity contribution in [3.63, 3.8) is 0 Å². The Bertz CT molecular complexity index is 1050. The van der Waals surface area contributed by atoms with Crippen molar-refractivity contribution >= 4 is 28.9 Å². The van der Waals surface area contributed by atoms with E-state index in [1.807, 2.05) is 24.3 Å². The largest absolute Gasteiger partial charge is 0.370 e. The summed E-state index contributed by atoms with van der Waals surface area (Å²) >= 11 is 6.03. The molecule has 0 bridgehead atoms. The smallest absolute Gasteiger partial charge is 0.227 e. The number of halogens is 2. The first-order chi connectivity index (χ1) is 15.4. The van der Waals surface area contributed by atoms with Crippen LogP contribution in [-0.2, 0) is 4.79 Å². The lowest BCUT2D eigenvalue weighted by atomic mass is 9.86. The van der Waals surface area contributed by atoms with Gasteiger partial charge in [0.1, 0.15) is 5.82 Å². The molecule has 0 saturated carbocycles. The number of likely N-dealkylation sites (N-methyl/N-ethyl adjacent to an activating group) is 1. The van der Waals surface area contributed by atoms with E-state index in [1.165, 1.54) is 11.6 Å². The maximum atomic E-state index is 14.8. The number of hydrogen-bond donors (Lipinski definition) is 1. The summed E-state index contributed by atoms with van der Waals surface area (Å²) in [6, 6.07) is 5.59. The average molecular weight is 454 g/mol. The topological polar surface area (TPSA) is 35.6 Å². The molecule has 1 aromatic carbocycles. The summed E-state index contributed by atoms with van der Waals surface area (Å²) in [7, 11) is 4.15. The average Bonchev–Trinajstić information content (AvgIpc) is 3.18. The maximum Gasteiger partial charge on any atom is 0.227 e. The van der Waals surface area contributed by atoms with Crippen molar-refractivity contribution in [2.75, 3.05) is 37.4 Å². The molecule has 168 valence electrons. The molecule has 2 aliphatic carbocycles. The summed E-state index contributed by atoms with van der Waals surface area (Å²) in [5, 5.41) is 3.46. The van der Waals surface area contributed by atoms with Crippen LogP contribution in [0.5, 0.6) is 0 Å². The lowest BCUT2D eigenvalue weighted by molar-refractivity contribution is -0.120. The number of benzene rings is 1. The fourth-order valence-electron chi connectivity index (χ4n) is 4.43.